The smallest absolute Gasteiger partial charge is 0.482 e. The standard InChI is InChI=1S/C10H11N.U/c1-4-11-10-7-8(2)5-6-9(10)3;/h5-6H,1-3H3;/q-2;+2. The van der Waals surface area contributed by atoms with E-state index in [0.29, 0.717) is 0 Å². The van der Waals surface area contributed by atoms with Gasteiger partial charge >= 0.3 is 31.1 Å². The van der Waals surface area contributed by atoms with Gasteiger partial charge in [0, 0.05) is 0 Å². The molecular formula is C10H11NU. The molecule has 2 heteroatoms. The van der Waals surface area contributed by atoms with Crippen molar-refractivity contribution in [2.45, 2.75) is 20.8 Å². The maximum Gasteiger partial charge on any atom is 2.00 e. The van der Waals surface area contributed by atoms with E-state index in [9.17, 15) is 0 Å². The van der Waals surface area contributed by atoms with Crippen LogP contribution in [0.1, 0.15) is 18.1 Å². The monoisotopic (exact) mass is 383 g/mol. The molecule has 0 amide bonds. The maximum atomic E-state index is 4.06. The Morgan fingerprint density at radius 1 is 1.33 bits per heavy atom. The van der Waals surface area contributed by atoms with Crippen LogP contribution in [-0.2, 0) is 0 Å². The van der Waals surface area contributed by atoms with Crippen molar-refractivity contribution in [2.75, 3.05) is 0 Å². The molecule has 0 spiro atoms. The third kappa shape index (κ3) is 3.13. The van der Waals surface area contributed by atoms with Crippen LogP contribution in [0.4, 0.5) is 5.69 Å². The Morgan fingerprint density at radius 2 is 2.00 bits per heavy atom. The van der Waals surface area contributed by atoms with E-state index in [1.165, 1.54) is 0 Å². The fourth-order valence-electron chi connectivity index (χ4n) is 0.884. The van der Waals surface area contributed by atoms with Gasteiger partial charge in [0.15, 0.2) is 0 Å². The summed E-state index contributed by atoms with van der Waals surface area (Å²) in [6.07, 6.45) is 2.75. The van der Waals surface area contributed by atoms with E-state index in [0.717, 1.165) is 16.8 Å². The normalized spacial score (nSPS) is 9.92. The Kier molecular flexibility index (Phi) is 5.54. The van der Waals surface area contributed by atoms with Gasteiger partial charge in [-0.3, -0.25) is 6.07 Å². The molecule has 0 atom stereocenters. The van der Waals surface area contributed by atoms with E-state index in [1.54, 1.807) is 6.92 Å². The first-order valence-corrected chi connectivity index (χ1v) is 3.61. The van der Waals surface area contributed by atoms with Crippen LogP contribution in [0.25, 0.3) is 0 Å². The van der Waals surface area contributed by atoms with Crippen LogP contribution in [-0.4, -0.2) is 6.21 Å². The Hall–Kier alpha value is -0.0581. The Morgan fingerprint density at radius 3 is 2.58 bits per heavy atom. The molecular weight excluding hydrogens is 372 g/mol. The number of nitrogens with zero attached hydrogens (tertiary/aromatic N) is 1. The molecule has 1 nitrogen and oxygen atoms in total. The zero-order chi connectivity index (χ0) is 8.27. The van der Waals surface area contributed by atoms with E-state index in [-0.39, 0.29) is 31.1 Å². The summed E-state index contributed by atoms with van der Waals surface area (Å²) in [4.78, 5) is 4.06. The van der Waals surface area contributed by atoms with Crippen LogP contribution in [0.15, 0.2) is 17.1 Å². The van der Waals surface area contributed by atoms with Crippen molar-refractivity contribution in [2.24, 2.45) is 4.99 Å². The number of benzene rings is 1. The minimum absolute atomic E-state index is 0. The minimum atomic E-state index is 0. The Bertz CT molecular complexity index is 279. The van der Waals surface area contributed by atoms with Crippen LogP contribution in [0.5, 0.6) is 0 Å². The first kappa shape index (κ1) is 11.9. The second kappa shape index (κ2) is 5.56. The van der Waals surface area contributed by atoms with E-state index < -0.39 is 0 Å². The summed E-state index contributed by atoms with van der Waals surface area (Å²) in [5.41, 5.74) is 3.15. The van der Waals surface area contributed by atoms with Crippen LogP contribution in [0.3, 0.4) is 0 Å². The molecule has 0 heterocycles. The van der Waals surface area contributed by atoms with E-state index >= 15 is 0 Å². The van der Waals surface area contributed by atoms with Crippen LogP contribution < -0.4 is 0 Å². The molecule has 0 aliphatic carbocycles. The molecule has 0 aliphatic heterocycles. The molecule has 0 aromatic heterocycles. The summed E-state index contributed by atoms with van der Waals surface area (Å²) in [5, 5.41) is 0. The van der Waals surface area contributed by atoms with Gasteiger partial charge in [-0.2, -0.15) is 23.9 Å². The molecule has 0 radical (unpaired) electrons. The van der Waals surface area contributed by atoms with Crippen molar-refractivity contribution < 1.29 is 31.1 Å². The first-order valence-electron chi connectivity index (χ1n) is 3.61. The molecule has 1 aromatic rings. The van der Waals surface area contributed by atoms with Crippen molar-refractivity contribution in [3.8, 4) is 0 Å². The molecule has 0 bridgehead atoms. The first-order chi connectivity index (χ1) is 5.24. The fourth-order valence-corrected chi connectivity index (χ4v) is 0.884. The van der Waals surface area contributed by atoms with Crippen molar-refractivity contribution >= 4 is 11.9 Å². The molecule has 0 saturated heterocycles. The van der Waals surface area contributed by atoms with Gasteiger partial charge < -0.3 is 4.99 Å². The van der Waals surface area contributed by atoms with Gasteiger partial charge in [0.1, 0.15) is 0 Å². The second-order valence-corrected chi connectivity index (χ2v) is 2.51. The third-order valence-corrected chi connectivity index (χ3v) is 1.50. The number of aliphatic imine (C=N–C) groups is 1. The fraction of sp³-hybridized carbons (Fsp3) is 0.300. The third-order valence-electron chi connectivity index (χ3n) is 1.50. The van der Waals surface area contributed by atoms with Gasteiger partial charge in [-0.25, -0.2) is 11.3 Å². The topological polar surface area (TPSA) is 12.4 Å². The van der Waals surface area contributed by atoms with Crippen LogP contribution >= 0.6 is 0 Å². The number of hydrogen-bond acceptors (Lipinski definition) is 1. The quantitative estimate of drug-likeness (QED) is 0.523. The summed E-state index contributed by atoms with van der Waals surface area (Å²) in [5.74, 6) is 0. The molecule has 0 N–H and O–H groups in total. The van der Waals surface area contributed by atoms with Crippen molar-refractivity contribution in [3.63, 3.8) is 0 Å². The van der Waals surface area contributed by atoms with Gasteiger partial charge in [-0.15, -0.1) is 13.8 Å². The predicted octanol–water partition coefficient (Wildman–Crippen LogP) is 2.70. The molecule has 0 aliphatic rings. The molecule has 0 saturated carbocycles. The molecule has 0 fully saturated rings. The van der Waals surface area contributed by atoms with Gasteiger partial charge in [0.2, 0.25) is 0 Å². The summed E-state index contributed by atoms with van der Waals surface area (Å²) in [6.45, 7) is 5.82. The Labute approximate surface area is 97.7 Å². The van der Waals surface area contributed by atoms with Gasteiger partial charge in [-0.1, -0.05) is 6.92 Å². The van der Waals surface area contributed by atoms with Gasteiger partial charge in [0.05, 0.1) is 0 Å². The summed E-state index contributed by atoms with van der Waals surface area (Å²) in [6, 6.07) is 7.22. The predicted molar refractivity (Wildman–Crippen MR) is 47.5 cm³/mol. The van der Waals surface area contributed by atoms with Crippen molar-refractivity contribution in [1.29, 1.82) is 0 Å². The summed E-state index contributed by atoms with van der Waals surface area (Å²) >= 11 is 0. The Balaban J connectivity index is 0.00000121. The number of rotatable bonds is 1. The molecule has 1 aromatic carbocycles. The van der Waals surface area contributed by atoms with E-state index in [2.05, 4.69) is 17.3 Å². The van der Waals surface area contributed by atoms with Crippen LogP contribution in [0, 0.1) is 51.0 Å². The van der Waals surface area contributed by atoms with E-state index in [4.69, 9.17) is 0 Å². The molecule has 0 unspecified atom stereocenters. The molecule has 60 valence electrons. The van der Waals surface area contributed by atoms with Gasteiger partial charge in [0.25, 0.3) is 0 Å². The average molecular weight is 383 g/mol. The minimum Gasteiger partial charge on any atom is -0.482 e. The molecule has 1 rings (SSSR count). The van der Waals surface area contributed by atoms with Gasteiger partial charge in [-0.05, 0) is 0 Å². The van der Waals surface area contributed by atoms with Crippen LogP contribution in [0.2, 0.25) is 0 Å². The molecule has 12 heavy (non-hydrogen) atoms. The summed E-state index contributed by atoms with van der Waals surface area (Å²) < 4.78 is 0. The second-order valence-electron chi connectivity index (χ2n) is 2.51. The van der Waals surface area contributed by atoms with Crippen molar-refractivity contribution in [1.82, 2.24) is 0 Å². The van der Waals surface area contributed by atoms with Crippen molar-refractivity contribution in [3.05, 3.63) is 29.3 Å². The zero-order valence-corrected chi connectivity index (χ0v) is 11.8. The number of hydrogen-bond donors (Lipinski definition) is 0. The van der Waals surface area contributed by atoms with E-state index in [1.807, 2.05) is 26.0 Å². The summed E-state index contributed by atoms with van der Waals surface area (Å²) in [7, 11) is 0. The SMILES string of the molecule is C[C-]=Nc1[c-]c(C)ccc1C.[U+2]. The average Bonchev–Trinajstić information content (AvgIpc) is 1.98. The zero-order valence-electron chi connectivity index (χ0n) is 7.60. The largest absolute Gasteiger partial charge is 2.00 e. The maximum absolute atomic E-state index is 4.06. The number of aryl methyl sites for hydroxylation is 2.